The molecule has 0 spiro atoms. The molecule has 0 amide bonds. The first-order valence-electron chi connectivity index (χ1n) is 10.6. The van der Waals surface area contributed by atoms with Crippen molar-refractivity contribution in [3.8, 4) is 0 Å². The van der Waals surface area contributed by atoms with Crippen LogP contribution >= 0.6 is 0 Å². The van der Waals surface area contributed by atoms with Crippen molar-refractivity contribution in [2.45, 2.75) is 84.0 Å². The van der Waals surface area contributed by atoms with Crippen molar-refractivity contribution in [3.05, 3.63) is 0 Å². The van der Waals surface area contributed by atoms with Crippen LogP contribution in [0.2, 0.25) is 0 Å². The minimum absolute atomic E-state index is 1.24. The van der Waals surface area contributed by atoms with E-state index in [1.165, 1.54) is 119 Å². The van der Waals surface area contributed by atoms with Crippen LogP contribution in [0.25, 0.3) is 0 Å². The third-order valence-electron chi connectivity index (χ3n) is 6.19. The number of quaternary nitrogens is 2. The maximum absolute atomic E-state index is 2.48. The molecule has 0 aromatic rings. The van der Waals surface area contributed by atoms with Crippen LogP contribution in [0.5, 0.6) is 0 Å². The fraction of sp³-hybridized carbons (Fsp3) is 1.00. The van der Waals surface area contributed by atoms with Gasteiger partial charge in [-0.25, -0.2) is 0 Å². The molecule has 2 nitrogen and oxygen atoms in total. The molecule has 0 aromatic heterocycles. The molecular weight excluding hydrogens is 280 g/mol. The van der Waals surface area contributed by atoms with E-state index in [0.29, 0.717) is 0 Å². The Morgan fingerprint density at radius 1 is 0.478 bits per heavy atom. The summed E-state index contributed by atoms with van der Waals surface area (Å²) in [5.41, 5.74) is 0. The van der Waals surface area contributed by atoms with E-state index in [0.717, 1.165) is 0 Å². The molecule has 0 N–H and O–H groups in total. The molecule has 0 aliphatic carbocycles. The Bertz CT molecular complexity index is 288. The van der Waals surface area contributed by atoms with E-state index in [1.54, 1.807) is 0 Å². The van der Waals surface area contributed by atoms with Crippen molar-refractivity contribution in [1.29, 1.82) is 0 Å². The molecule has 1 fully saturated rings. The molecule has 0 saturated carbocycles. The lowest BCUT2D eigenvalue weighted by atomic mass is 10.1. The van der Waals surface area contributed by atoms with Crippen molar-refractivity contribution >= 4 is 0 Å². The van der Waals surface area contributed by atoms with Gasteiger partial charge in [-0.15, -0.1) is 0 Å². The summed E-state index contributed by atoms with van der Waals surface area (Å²) in [6.45, 7) is 9.26. The lowest BCUT2D eigenvalue weighted by Crippen LogP contribution is -2.45. The van der Waals surface area contributed by atoms with Gasteiger partial charge in [0, 0.05) is 0 Å². The van der Waals surface area contributed by atoms with Gasteiger partial charge in [-0.1, -0.05) is 25.7 Å². The number of hydrogen-bond donors (Lipinski definition) is 0. The van der Waals surface area contributed by atoms with E-state index in [2.05, 4.69) is 28.1 Å². The van der Waals surface area contributed by atoms with Crippen LogP contribution in [0.15, 0.2) is 0 Å². The Kier molecular flexibility index (Phi) is 10.5. The highest BCUT2D eigenvalue weighted by Crippen LogP contribution is 2.15. The van der Waals surface area contributed by atoms with Gasteiger partial charge in [0.15, 0.2) is 0 Å². The summed E-state index contributed by atoms with van der Waals surface area (Å²) < 4.78 is 2.55. The molecule has 23 heavy (non-hydrogen) atoms. The third kappa shape index (κ3) is 10.4. The van der Waals surface area contributed by atoms with E-state index in [9.17, 15) is 0 Å². The second kappa shape index (κ2) is 11.5. The van der Waals surface area contributed by atoms with Crippen LogP contribution in [0, 0.1) is 0 Å². The summed E-state index contributed by atoms with van der Waals surface area (Å²) in [6, 6.07) is 0. The van der Waals surface area contributed by atoms with Crippen LogP contribution in [-0.4, -0.2) is 62.8 Å². The fourth-order valence-electron chi connectivity index (χ4n) is 4.02. The molecule has 0 bridgehead atoms. The highest BCUT2D eigenvalue weighted by molar-refractivity contribution is 4.50. The van der Waals surface area contributed by atoms with Crippen molar-refractivity contribution in [1.82, 2.24) is 0 Å². The zero-order valence-corrected chi connectivity index (χ0v) is 16.9. The van der Waals surface area contributed by atoms with Crippen molar-refractivity contribution in [2.24, 2.45) is 0 Å². The maximum atomic E-state index is 2.48. The molecule has 1 rings (SSSR count). The summed E-state index contributed by atoms with van der Waals surface area (Å²) in [5.74, 6) is 0. The Hall–Kier alpha value is -0.0800. The Morgan fingerprint density at radius 3 is 1.13 bits per heavy atom. The van der Waals surface area contributed by atoms with Gasteiger partial charge in [0.1, 0.15) is 0 Å². The monoisotopic (exact) mass is 326 g/mol. The Balaban J connectivity index is 2.37. The zero-order chi connectivity index (χ0) is 17.0. The minimum Gasteiger partial charge on any atom is -0.328 e. The summed E-state index contributed by atoms with van der Waals surface area (Å²) >= 11 is 0. The van der Waals surface area contributed by atoms with Gasteiger partial charge >= 0.3 is 0 Å². The number of nitrogens with zero attached hydrogens (tertiary/aromatic N) is 2. The van der Waals surface area contributed by atoms with Gasteiger partial charge in [0.25, 0.3) is 0 Å². The summed E-state index contributed by atoms with van der Waals surface area (Å²) in [5, 5.41) is 0. The molecule has 1 aliphatic rings. The first kappa shape index (κ1) is 21.0. The summed E-state index contributed by atoms with van der Waals surface area (Å²) in [6.07, 6.45) is 17.3. The van der Waals surface area contributed by atoms with E-state index >= 15 is 0 Å². The first-order chi connectivity index (χ1) is 11.0. The largest absolute Gasteiger partial charge is 0.328 e. The van der Waals surface area contributed by atoms with Gasteiger partial charge in [0.05, 0.1) is 53.9 Å². The molecule has 1 unspecified atom stereocenters. The van der Waals surface area contributed by atoms with E-state index in [4.69, 9.17) is 0 Å². The highest BCUT2D eigenvalue weighted by Gasteiger charge is 2.18. The van der Waals surface area contributed by atoms with Crippen LogP contribution in [0.4, 0.5) is 0 Å². The molecule has 1 saturated heterocycles. The average Bonchev–Trinajstić information content (AvgIpc) is 2.51. The quantitative estimate of drug-likeness (QED) is 0.579. The highest BCUT2D eigenvalue weighted by atomic mass is 15.3. The smallest absolute Gasteiger partial charge is 0.0784 e. The van der Waals surface area contributed by atoms with Crippen LogP contribution < -0.4 is 0 Å². The summed E-state index contributed by atoms with van der Waals surface area (Å²) in [4.78, 5) is 0. The number of hydrogen-bond acceptors (Lipinski definition) is 0. The van der Waals surface area contributed by atoms with Gasteiger partial charge in [-0.3, -0.25) is 0 Å². The van der Waals surface area contributed by atoms with Gasteiger partial charge in [0.2, 0.25) is 0 Å². The molecule has 1 aliphatic heterocycles. The molecule has 1 atom stereocenters. The number of rotatable bonds is 1. The third-order valence-corrected chi connectivity index (χ3v) is 6.19. The maximum Gasteiger partial charge on any atom is 0.0784 e. The predicted octanol–water partition coefficient (Wildman–Crippen LogP) is 5.22. The lowest BCUT2D eigenvalue weighted by molar-refractivity contribution is -0.908. The van der Waals surface area contributed by atoms with Gasteiger partial charge in [-0.05, 0) is 58.3 Å². The molecule has 0 radical (unpaired) electrons. The Labute approximate surface area is 147 Å². The van der Waals surface area contributed by atoms with E-state index < -0.39 is 0 Å². The SMILES string of the molecule is CC[N+]1(C)CCCCCCCCC[N+](C)(C)CCCCCCC1. The van der Waals surface area contributed by atoms with Crippen LogP contribution in [-0.2, 0) is 0 Å². The summed E-state index contributed by atoms with van der Waals surface area (Å²) in [7, 11) is 7.35. The molecule has 138 valence electrons. The van der Waals surface area contributed by atoms with Crippen molar-refractivity contribution < 1.29 is 8.97 Å². The van der Waals surface area contributed by atoms with Gasteiger partial charge in [-0.2, -0.15) is 0 Å². The first-order valence-corrected chi connectivity index (χ1v) is 10.6. The average molecular weight is 327 g/mol. The topological polar surface area (TPSA) is 0 Å². The van der Waals surface area contributed by atoms with E-state index in [-0.39, 0.29) is 0 Å². The van der Waals surface area contributed by atoms with Crippen LogP contribution in [0.3, 0.4) is 0 Å². The standard InChI is InChI=1S/C21H46N2/c1-5-23(4)20-16-12-8-6-7-10-14-18-22(2,3)19-15-11-9-13-17-21-23/h5-21H2,1-4H3/q+2. The minimum atomic E-state index is 1.24. The predicted molar refractivity (Wildman–Crippen MR) is 104 cm³/mol. The van der Waals surface area contributed by atoms with E-state index in [1.807, 2.05) is 0 Å². The molecule has 0 aromatic carbocycles. The molecule has 2 heteroatoms. The Morgan fingerprint density at radius 2 is 0.783 bits per heavy atom. The lowest BCUT2D eigenvalue weighted by Gasteiger charge is -2.33. The second-order valence-electron chi connectivity index (χ2n) is 9.01. The van der Waals surface area contributed by atoms with Gasteiger partial charge < -0.3 is 8.97 Å². The molecular formula is C21H46N2+2. The van der Waals surface area contributed by atoms with Crippen molar-refractivity contribution in [3.63, 3.8) is 0 Å². The normalized spacial score (nSPS) is 30.3. The molecule has 1 heterocycles. The fourth-order valence-corrected chi connectivity index (χ4v) is 4.02. The van der Waals surface area contributed by atoms with Crippen LogP contribution in [0.1, 0.15) is 84.0 Å². The second-order valence-corrected chi connectivity index (χ2v) is 9.01. The zero-order valence-electron chi connectivity index (χ0n) is 16.9. The van der Waals surface area contributed by atoms with Crippen molar-refractivity contribution in [2.75, 3.05) is 53.9 Å².